The van der Waals surface area contributed by atoms with Crippen molar-refractivity contribution in [3.63, 3.8) is 0 Å². The van der Waals surface area contributed by atoms with Crippen LogP contribution in [0.25, 0.3) is 22.4 Å². The minimum absolute atomic E-state index is 0.238. The monoisotopic (exact) mass is 481 g/mol. The summed E-state index contributed by atoms with van der Waals surface area (Å²) in [6.07, 6.45) is 2.00. The molecule has 0 unspecified atom stereocenters. The number of carbonyl (C=O) groups is 1. The number of carbonyl (C=O) groups excluding carboxylic acids is 1. The van der Waals surface area contributed by atoms with Crippen LogP contribution in [0.3, 0.4) is 0 Å². The third kappa shape index (κ3) is 5.54. The van der Waals surface area contributed by atoms with Gasteiger partial charge in [0, 0.05) is 51.5 Å². The molecule has 1 aliphatic heterocycles. The van der Waals surface area contributed by atoms with E-state index in [9.17, 15) is 9.59 Å². The SMILES string of the molecule is CCOC(=O)NCCN1CCN(c2ncccc2-c2nc3cc(OC)cc(CC)c3c(=O)o2)CC1. The van der Waals surface area contributed by atoms with Crippen LogP contribution in [0.2, 0.25) is 0 Å². The number of ether oxygens (including phenoxy) is 2. The summed E-state index contributed by atoms with van der Waals surface area (Å²) in [5.41, 5.74) is 1.64. The maximum Gasteiger partial charge on any atom is 0.407 e. The average molecular weight is 482 g/mol. The zero-order valence-corrected chi connectivity index (χ0v) is 20.4. The van der Waals surface area contributed by atoms with E-state index in [4.69, 9.17) is 18.9 Å². The van der Waals surface area contributed by atoms with E-state index in [1.165, 1.54) is 0 Å². The Hall–Kier alpha value is -3.66. The van der Waals surface area contributed by atoms with E-state index in [-0.39, 0.29) is 5.89 Å². The van der Waals surface area contributed by atoms with Crippen LogP contribution in [0.1, 0.15) is 19.4 Å². The van der Waals surface area contributed by atoms with Crippen molar-refractivity contribution >= 4 is 22.8 Å². The smallest absolute Gasteiger partial charge is 0.407 e. The quantitative estimate of drug-likeness (QED) is 0.519. The van der Waals surface area contributed by atoms with E-state index in [1.54, 1.807) is 26.3 Å². The second-order valence-corrected chi connectivity index (χ2v) is 8.19. The number of aryl methyl sites for hydroxylation is 1. The lowest BCUT2D eigenvalue weighted by Crippen LogP contribution is -2.48. The molecule has 0 saturated carbocycles. The van der Waals surface area contributed by atoms with Crippen LogP contribution in [0, 0.1) is 0 Å². The molecule has 2 aromatic heterocycles. The molecule has 186 valence electrons. The fourth-order valence-corrected chi connectivity index (χ4v) is 4.26. The van der Waals surface area contributed by atoms with Gasteiger partial charge < -0.3 is 24.1 Å². The lowest BCUT2D eigenvalue weighted by atomic mass is 10.1. The number of fused-ring (bicyclic) bond motifs is 1. The minimum Gasteiger partial charge on any atom is -0.497 e. The number of hydrogen-bond acceptors (Lipinski definition) is 9. The van der Waals surface area contributed by atoms with Gasteiger partial charge in [-0.3, -0.25) is 4.90 Å². The number of rotatable bonds is 8. The van der Waals surface area contributed by atoms with Gasteiger partial charge in [0.15, 0.2) is 0 Å². The molecule has 0 aliphatic carbocycles. The summed E-state index contributed by atoms with van der Waals surface area (Å²) in [5, 5.41) is 3.23. The van der Waals surface area contributed by atoms with Crippen molar-refractivity contribution in [1.29, 1.82) is 0 Å². The number of alkyl carbamates (subject to hydrolysis) is 1. The fraction of sp³-hybridized carbons (Fsp3) is 0.440. The number of aromatic nitrogens is 2. The van der Waals surface area contributed by atoms with Crippen LogP contribution in [0.4, 0.5) is 10.6 Å². The third-order valence-electron chi connectivity index (χ3n) is 6.07. The fourth-order valence-electron chi connectivity index (χ4n) is 4.26. The molecule has 0 radical (unpaired) electrons. The first-order chi connectivity index (χ1) is 17.0. The van der Waals surface area contributed by atoms with Gasteiger partial charge in [-0.1, -0.05) is 6.92 Å². The molecular formula is C25H31N5O5. The Morgan fingerprint density at radius 3 is 2.71 bits per heavy atom. The molecule has 0 atom stereocenters. The van der Waals surface area contributed by atoms with E-state index in [2.05, 4.69) is 20.1 Å². The first kappa shape index (κ1) is 24.5. The number of amides is 1. The lowest BCUT2D eigenvalue weighted by molar-refractivity contribution is 0.150. The van der Waals surface area contributed by atoms with E-state index in [0.29, 0.717) is 41.8 Å². The van der Waals surface area contributed by atoms with Crippen LogP contribution in [0.15, 0.2) is 39.7 Å². The van der Waals surface area contributed by atoms with Gasteiger partial charge in [0.1, 0.15) is 11.6 Å². The molecule has 1 N–H and O–H groups in total. The van der Waals surface area contributed by atoms with E-state index in [0.717, 1.165) is 44.1 Å². The molecule has 1 fully saturated rings. The largest absolute Gasteiger partial charge is 0.497 e. The summed E-state index contributed by atoms with van der Waals surface area (Å²) in [7, 11) is 1.60. The Bertz CT molecular complexity index is 1240. The van der Waals surface area contributed by atoms with Gasteiger partial charge in [0.25, 0.3) is 0 Å². The molecule has 1 aromatic carbocycles. The molecule has 1 saturated heterocycles. The number of benzene rings is 1. The van der Waals surface area contributed by atoms with Crippen molar-refractivity contribution in [3.8, 4) is 17.2 Å². The van der Waals surface area contributed by atoms with Gasteiger partial charge >= 0.3 is 11.7 Å². The van der Waals surface area contributed by atoms with E-state index in [1.807, 2.05) is 25.1 Å². The maximum absolute atomic E-state index is 12.9. The molecule has 1 amide bonds. The van der Waals surface area contributed by atoms with Crippen LogP contribution in [0.5, 0.6) is 5.75 Å². The number of methoxy groups -OCH3 is 1. The second-order valence-electron chi connectivity index (χ2n) is 8.19. The van der Waals surface area contributed by atoms with E-state index < -0.39 is 11.7 Å². The Kier molecular flexibility index (Phi) is 7.81. The topological polar surface area (TPSA) is 110 Å². The van der Waals surface area contributed by atoms with Gasteiger partial charge in [-0.25, -0.2) is 19.6 Å². The lowest BCUT2D eigenvalue weighted by Gasteiger charge is -2.35. The summed E-state index contributed by atoms with van der Waals surface area (Å²) >= 11 is 0. The highest BCUT2D eigenvalue weighted by molar-refractivity contribution is 5.84. The first-order valence-electron chi connectivity index (χ1n) is 11.9. The molecular weight excluding hydrogens is 450 g/mol. The molecule has 3 heterocycles. The van der Waals surface area contributed by atoms with Gasteiger partial charge in [-0.2, -0.15) is 0 Å². The van der Waals surface area contributed by atoms with Crippen LogP contribution in [-0.2, 0) is 11.2 Å². The number of piperazine rings is 1. The molecule has 0 bridgehead atoms. The number of pyridine rings is 1. The Labute approximate surface area is 203 Å². The Morgan fingerprint density at radius 1 is 1.20 bits per heavy atom. The van der Waals surface area contributed by atoms with Crippen molar-refractivity contribution in [2.24, 2.45) is 0 Å². The van der Waals surface area contributed by atoms with Crippen molar-refractivity contribution < 1.29 is 18.7 Å². The summed E-state index contributed by atoms with van der Waals surface area (Å²) in [6, 6.07) is 7.28. The number of nitrogens with zero attached hydrogens (tertiary/aromatic N) is 4. The number of anilines is 1. The summed E-state index contributed by atoms with van der Waals surface area (Å²) < 4.78 is 16.0. The predicted molar refractivity (Wildman–Crippen MR) is 133 cm³/mol. The highest BCUT2D eigenvalue weighted by atomic mass is 16.5. The number of nitrogens with one attached hydrogen (secondary N) is 1. The standard InChI is InChI=1S/C25H31N5O5/c1-4-17-15-18(33-3)16-20-21(17)24(31)35-23(28-20)19-7-6-8-26-22(19)30-13-11-29(12-14-30)10-9-27-25(32)34-5-2/h6-8,15-16H,4-5,9-14H2,1-3H3,(H,27,32). The van der Waals surface area contributed by atoms with E-state index >= 15 is 0 Å². The molecule has 35 heavy (non-hydrogen) atoms. The van der Waals surface area contributed by atoms with Crippen LogP contribution >= 0.6 is 0 Å². The van der Waals surface area contributed by atoms with Gasteiger partial charge in [-0.15, -0.1) is 0 Å². The Balaban J connectivity index is 1.53. The van der Waals surface area contributed by atoms with Crippen molar-refractivity contribution in [2.45, 2.75) is 20.3 Å². The minimum atomic E-state index is -0.418. The molecule has 3 aromatic rings. The van der Waals surface area contributed by atoms with Gasteiger partial charge in [-0.05, 0) is 37.1 Å². The normalized spacial score (nSPS) is 14.2. The molecule has 0 spiro atoms. The summed E-state index contributed by atoms with van der Waals surface area (Å²) in [5.74, 6) is 1.62. The van der Waals surface area contributed by atoms with Gasteiger partial charge in [0.2, 0.25) is 5.89 Å². The molecule has 10 nitrogen and oxygen atoms in total. The highest BCUT2D eigenvalue weighted by Crippen LogP contribution is 2.30. The Morgan fingerprint density at radius 2 is 2.00 bits per heavy atom. The van der Waals surface area contributed by atoms with Crippen LogP contribution < -0.4 is 20.6 Å². The molecule has 10 heteroatoms. The second kappa shape index (κ2) is 11.2. The van der Waals surface area contributed by atoms with Crippen molar-refractivity contribution in [1.82, 2.24) is 20.2 Å². The van der Waals surface area contributed by atoms with Crippen molar-refractivity contribution in [2.75, 3.05) is 57.9 Å². The van der Waals surface area contributed by atoms with Gasteiger partial charge in [0.05, 0.1) is 30.2 Å². The van der Waals surface area contributed by atoms with Crippen molar-refractivity contribution in [3.05, 3.63) is 46.4 Å². The predicted octanol–water partition coefficient (Wildman–Crippen LogP) is 2.69. The highest BCUT2D eigenvalue weighted by Gasteiger charge is 2.23. The number of hydrogen-bond donors (Lipinski definition) is 1. The first-order valence-corrected chi connectivity index (χ1v) is 11.9. The molecule has 1 aliphatic rings. The van der Waals surface area contributed by atoms with Crippen LogP contribution in [-0.4, -0.2) is 73.9 Å². The zero-order valence-electron chi connectivity index (χ0n) is 20.4. The molecule has 4 rings (SSSR count). The zero-order chi connectivity index (χ0) is 24.8. The maximum atomic E-state index is 12.9. The average Bonchev–Trinajstić information content (AvgIpc) is 2.88. The summed E-state index contributed by atoms with van der Waals surface area (Å²) in [4.78, 5) is 38.1. The third-order valence-corrected chi connectivity index (χ3v) is 6.07. The summed E-state index contributed by atoms with van der Waals surface area (Å²) in [6.45, 7) is 8.50.